The molecule has 0 saturated heterocycles. The molecule has 0 radical (unpaired) electrons. The van der Waals surface area contributed by atoms with Crippen LogP contribution in [0.25, 0.3) is 0 Å². The molecule has 0 aromatic rings. The summed E-state index contributed by atoms with van der Waals surface area (Å²) in [6, 6.07) is -3.16. The number of carbonyl (C=O) groups is 3. The summed E-state index contributed by atoms with van der Waals surface area (Å²) in [6.45, 7) is 5.20. The van der Waals surface area contributed by atoms with Crippen molar-refractivity contribution in [3.05, 3.63) is 0 Å². The largest absolute Gasteiger partial charge is 0.480 e. The van der Waals surface area contributed by atoms with Gasteiger partial charge in [-0.2, -0.15) is 0 Å². The highest BCUT2D eigenvalue weighted by Crippen LogP contribution is 2.06. The van der Waals surface area contributed by atoms with Crippen molar-refractivity contribution < 1.29 is 24.6 Å². The van der Waals surface area contributed by atoms with Crippen LogP contribution in [0.2, 0.25) is 0 Å². The number of amides is 2. The molecule has 0 aliphatic carbocycles. The van der Waals surface area contributed by atoms with Crippen LogP contribution in [0.3, 0.4) is 0 Å². The second-order valence-electron chi connectivity index (χ2n) is 6.19. The number of aliphatic hydroxyl groups excluding tert-OH is 1. The van der Waals surface area contributed by atoms with E-state index in [1.807, 2.05) is 0 Å². The van der Waals surface area contributed by atoms with Crippen molar-refractivity contribution in [2.24, 2.45) is 17.4 Å². The van der Waals surface area contributed by atoms with Crippen LogP contribution in [0, 0.1) is 5.92 Å². The van der Waals surface area contributed by atoms with Crippen LogP contribution in [0.15, 0.2) is 0 Å². The predicted octanol–water partition coefficient (Wildman–Crippen LogP) is -1.47. The van der Waals surface area contributed by atoms with Gasteiger partial charge in [-0.25, -0.2) is 4.79 Å². The average Bonchev–Trinajstić information content (AvgIpc) is 2.48. The number of hydrogen-bond donors (Lipinski definition) is 6. The lowest BCUT2D eigenvalue weighted by Gasteiger charge is -2.26. The summed E-state index contributed by atoms with van der Waals surface area (Å²) in [5.41, 5.74) is 11.2. The summed E-state index contributed by atoms with van der Waals surface area (Å²) < 4.78 is 0. The van der Waals surface area contributed by atoms with Gasteiger partial charge >= 0.3 is 5.97 Å². The van der Waals surface area contributed by atoms with Gasteiger partial charge in [0, 0.05) is 0 Å². The molecule has 0 aliphatic rings. The van der Waals surface area contributed by atoms with Crippen LogP contribution in [-0.4, -0.2) is 58.8 Å². The van der Waals surface area contributed by atoms with E-state index in [-0.39, 0.29) is 5.92 Å². The number of nitrogens with two attached hydrogens (primary N) is 2. The van der Waals surface area contributed by atoms with Gasteiger partial charge in [0.05, 0.1) is 12.1 Å². The molecule has 9 nitrogen and oxygen atoms in total. The maximum absolute atomic E-state index is 12.3. The minimum atomic E-state index is -1.45. The number of unbranched alkanes of at least 4 members (excludes halogenated alkanes) is 1. The molecule has 8 N–H and O–H groups in total. The van der Waals surface area contributed by atoms with Gasteiger partial charge in [-0.05, 0) is 32.2 Å². The zero-order valence-electron chi connectivity index (χ0n) is 14.5. The Labute approximate surface area is 142 Å². The summed E-state index contributed by atoms with van der Waals surface area (Å²) in [7, 11) is 0. The highest BCUT2D eigenvalue weighted by atomic mass is 16.4. The van der Waals surface area contributed by atoms with Crippen molar-refractivity contribution in [2.75, 3.05) is 6.54 Å². The molecule has 0 rings (SSSR count). The summed E-state index contributed by atoms with van der Waals surface area (Å²) in [5.74, 6) is -2.80. The Balaban J connectivity index is 4.81. The fraction of sp³-hybridized carbons (Fsp3) is 0.800. The van der Waals surface area contributed by atoms with Gasteiger partial charge in [0.15, 0.2) is 6.04 Å². The van der Waals surface area contributed by atoms with E-state index < -0.39 is 42.0 Å². The standard InChI is InChI=1S/C15H30N4O5/c1-8(2)11(14(22)19-12(9(3)20)15(23)24)18-13(21)10(17)6-4-5-7-16/h8-12,20H,4-7,16-17H2,1-3H3,(H,18,21)(H,19,22)(H,23,24). The Morgan fingerprint density at radius 2 is 1.54 bits per heavy atom. The first-order chi connectivity index (χ1) is 11.1. The van der Waals surface area contributed by atoms with E-state index in [4.69, 9.17) is 16.6 Å². The molecule has 0 aliphatic heterocycles. The zero-order chi connectivity index (χ0) is 18.9. The molecule has 0 heterocycles. The quantitative estimate of drug-likeness (QED) is 0.248. The van der Waals surface area contributed by atoms with Gasteiger partial charge in [0.1, 0.15) is 6.04 Å². The Kier molecular flexibility index (Phi) is 10.2. The van der Waals surface area contributed by atoms with Crippen molar-refractivity contribution in [1.82, 2.24) is 10.6 Å². The van der Waals surface area contributed by atoms with E-state index >= 15 is 0 Å². The van der Waals surface area contributed by atoms with Crippen LogP contribution in [-0.2, 0) is 14.4 Å². The molecular weight excluding hydrogens is 316 g/mol. The number of hydrogen-bond acceptors (Lipinski definition) is 6. The zero-order valence-corrected chi connectivity index (χ0v) is 14.5. The first-order valence-corrected chi connectivity index (χ1v) is 8.09. The van der Waals surface area contributed by atoms with Crippen molar-refractivity contribution in [3.8, 4) is 0 Å². The predicted molar refractivity (Wildman–Crippen MR) is 88.9 cm³/mol. The SMILES string of the molecule is CC(C)C(NC(=O)C(N)CCCCN)C(=O)NC(C(=O)O)C(C)O. The lowest BCUT2D eigenvalue weighted by atomic mass is 10.0. The summed E-state index contributed by atoms with van der Waals surface area (Å²) in [6.07, 6.45) is 0.630. The summed E-state index contributed by atoms with van der Waals surface area (Å²) >= 11 is 0. The van der Waals surface area contributed by atoms with E-state index in [9.17, 15) is 19.5 Å². The molecule has 9 heteroatoms. The second-order valence-corrected chi connectivity index (χ2v) is 6.19. The topological polar surface area (TPSA) is 168 Å². The van der Waals surface area contributed by atoms with E-state index in [2.05, 4.69) is 10.6 Å². The molecule has 24 heavy (non-hydrogen) atoms. The van der Waals surface area contributed by atoms with Crippen LogP contribution in [0.1, 0.15) is 40.0 Å². The van der Waals surface area contributed by atoms with Crippen molar-refractivity contribution in [3.63, 3.8) is 0 Å². The maximum Gasteiger partial charge on any atom is 0.328 e. The van der Waals surface area contributed by atoms with E-state index in [1.165, 1.54) is 6.92 Å². The highest BCUT2D eigenvalue weighted by molar-refractivity contribution is 5.92. The number of aliphatic hydroxyl groups is 1. The number of carboxylic acid groups (broad SMARTS) is 1. The van der Waals surface area contributed by atoms with Gasteiger partial charge in [-0.3, -0.25) is 9.59 Å². The Bertz CT molecular complexity index is 428. The molecule has 2 amide bonds. The molecule has 4 atom stereocenters. The molecule has 0 spiro atoms. The molecule has 0 saturated carbocycles. The average molecular weight is 346 g/mol. The monoisotopic (exact) mass is 346 g/mol. The molecule has 0 aromatic carbocycles. The van der Waals surface area contributed by atoms with Gasteiger partial charge in [0.25, 0.3) is 0 Å². The molecule has 0 bridgehead atoms. The minimum Gasteiger partial charge on any atom is -0.480 e. The molecule has 140 valence electrons. The summed E-state index contributed by atoms with van der Waals surface area (Å²) in [5, 5.41) is 23.2. The number of carbonyl (C=O) groups excluding carboxylic acids is 2. The van der Waals surface area contributed by atoms with E-state index in [0.29, 0.717) is 19.4 Å². The molecular formula is C15H30N4O5. The smallest absolute Gasteiger partial charge is 0.328 e. The lowest BCUT2D eigenvalue weighted by molar-refractivity contribution is -0.145. The Hall–Kier alpha value is -1.71. The van der Waals surface area contributed by atoms with Gasteiger partial charge in [0.2, 0.25) is 11.8 Å². The Morgan fingerprint density at radius 3 is 1.96 bits per heavy atom. The Morgan fingerprint density at radius 1 is 1.00 bits per heavy atom. The fourth-order valence-corrected chi connectivity index (χ4v) is 2.07. The number of carboxylic acids is 1. The van der Waals surface area contributed by atoms with Crippen LogP contribution >= 0.6 is 0 Å². The minimum absolute atomic E-state index is 0.284. The van der Waals surface area contributed by atoms with Gasteiger partial charge in [-0.15, -0.1) is 0 Å². The van der Waals surface area contributed by atoms with Crippen molar-refractivity contribution in [1.29, 1.82) is 0 Å². The van der Waals surface area contributed by atoms with Crippen LogP contribution < -0.4 is 22.1 Å². The third-order valence-corrected chi connectivity index (χ3v) is 3.60. The van der Waals surface area contributed by atoms with Gasteiger partial charge < -0.3 is 32.3 Å². The number of aliphatic carboxylic acids is 1. The van der Waals surface area contributed by atoms with Crippen LogP contribution in [0.5, 0.6) is 0 Å². The first kappa shape index (κ1) is 22.3. The normalized spacial score (nSPS) is 16.1. The molecule has 0 aromatic heterocycles. The first-order valence-electron chi connectivity index (χ1n) is 8.09. The third-order valence-electron chi connectivity index (χ3n) is 3.60. The number of nitrogens with one attached hydrogen (secondary N) is 2. The molecule has 4 unspecified atom stereocenters. The fourth-order valence-electron chi connectivity index (χ4n) is 2.07. The van der Waals surface area contributed by atoms with Crippen molar-refractivity contribution in [2.45, 2.75) is 64.3 Å². The van der Waals surface area contributed by atoms with Gasteiger partial charge in [-0.1, -0.05) is 20.3 Å². The molecule has 0 fully saturated rings. The second kappa shape index (κ2) is 11.0. The number of rotatable bonds is 11. The van der Waals surface area contributed by atoms with Crippen molar-refractivity contribution >= 4 is 17.8 Å². The highest BCUT2D eigenvalue weighted by Gasteiger charge is 2.31. The third kappa shape index (κ3) is 7.71. The maximum atomic E-state index is 12.3. The van der Waals surface area contributed by atoms with E-state index in [0.717, 1.165) is 6.42 Å². The lowest BCUT2D eigenvalue weighted by Crippen LogP contribution is -2.58. The summed E-state index contributed by atoms with van der Waals surface area (Å²) in [4.78, 5) is 35.4. The van der Waals surface area contributed by atoms with E-state index in [1.54, 1.807) is 13.8 Å². The van der Waals surface area contributed by atoms with Crippen LogP contribution in [0.4, 0.5) is 0 Å².